The highest BCUT2D eigenvalue weighted by Crippen LogP contribution is 2.32. The van der Waals surface area contributed by atoms with Gasteiger partial charge < -0.3 is 10.4 Å². The van der Waals surface area contributed by atoms with E-state index in [9.17, 15) is 5.11 Å². The fraction of sp³-hybridized carbons (Fsp3) is 1.00. The van der Waals surface area contributed by atoms with Gasteiger partial charge in [-0.25, -0.2) is 0 Å². The fourth-order valence-electron chi connectivity index (χ4n) is 3.84. The van der Waals surface area contributed by atoms with Crippen LogP contribution in [0.2, 0.25) is 0 Å². The molecule has 0 saturated heterocycles. The van der Waals surface area contributed by atoms with Crippen molar-refractivity contribution in [2.75, 3.05) is 26.2 Å². The Morgan fingerprint density at radius 1 is 1.21 bits per heavy atom. The number of aliphatic hydroxyl groups excluding tert-OH is 1. The number of hydrogen-bond donors (Lipinski definition) is 2. The number of hydrogen-bond acceptors (Lipinski definition) is 3. The Balaban J connectivity index is 1.91. The smallest absolute Gasteiger partial charge is 0.0558 e. The summed E-state index contributed by atoms with van der Waals surface area (Å²) in [7, 11) is 0. The van der Waals surface area contributed by atoms with E-state index in [1.165, 1.54) is 45.1 Å². The van der Waals surface area contributed by atoms with Crippen LogP contribution in [0.4, 0.5) is 0 Å². The van der Waals surface area contributed by atoms with Gasteiger partial charge in [0.2, 0.25) is 0 Å². The van der Waals surface area contributed by atoms with Gasteiger partial charge in [-0.15, -0.1) is 0 Å². The maximum atomic E-state index is 9.30. The molecule has 0 aromatic rings. The molecule has 2 rings (SSSR count). The molecule has 0 amide bonds. The molecular formula is C16H32N2O. The second kappa shape index (κ2) is 7.61. The van der Waals surface area contributed by atoms with E-state index in [-0.39, 0.29) is 0 Å². The molecule has 3 unspecified atom stereocenters. The number of nitrogens with zero attached hydrogens (tertiary/aromatic N) is 1. The van der Waals surface area contributed by atoms with Crippen LogP contribution >= 0.6 is 0 Å². The first kappa shape index (κ1) is 15.3. The molecule has 0 aliphatic heterocycles. The Bertz CT molecular complexity index is 255. The van der Waals surface area contributed by atoms with Crippen LogP contribution in [0.1, 0.15) is 52.4 Å². The predicted molar refractivity (Wildman–Crippen MR) is 80.3 cm³/mol. The van der Waals surface area contributed by atoms with Gasteiger partial charge in [0.1, 0.15) is 0 Å². The Kier molecular flexibility index (Phi) is 6.11. The molecular weight excluding hydrogens is 236 g/mol. The average molecular weight is 268 g/mol. The van der Waals surface area contributed by atoms with Crippen molar-refractivity contribution in [3.63, 3.8) is 0 Å². The third-order valence-electron chi connectivity index (χ3n) is 5.16. The maximum absolute atomic E-state index is 9.30. The van der Waals surface area contributed by atoms with Gasteiger partial charge >= 0.3 is 0 Å². The van der Waals surface area contributed by atoms with E-state index in [0.717, 1.165) is 31.0 Å². The maximum Gasteiger partial charge on any atom is 0.0558 e. The third kappa shape index (κ3) is 4.17. The Labute approximate surface area is 118 Å². The highest BCUT2D eigenvalue weighted by molar-refractivity contribution is 4.88. The van der Waals surface area contributed by atoms with Crippen molar-refractivity contribution >= 4 is 0 Å². The quantitative estimate of drug-likeness (QED) is 0.743. The summed E-state index contributed by atoms with van der Waals surface area (Å²) in [5.41, 5.74) is 0. The van der Waals surface area contributed by atoms with Gasteiger partial charge in [0.15, 0.2) is 0 Å². The molecule has 2 N–H and O–H groups in total. The van der Waals surface area contributed by atoms with Gasteiger partial charge in [-0.05, 0) is 50.5 Å². The monoisotopic (exact) mass is 268 g/mol. The summed E-state index contributed by atoms with van der Waals surface area (Å²) in [6, 6.07) is 1.45. The first-order chi connectivity index (χ1) is 9.24. The Morgan fingerprint density at radius 2 is 2.00 bits per heavy atom. The van der Waals surface area contributed by atoms with E-state index in [4.69, 9.17) is 0 Å². The topological polar surface area (TPSA) is 35.5 Å². The molecule has 3 nitrogen and oxygen atoms in total. The van der Waals surface area contributed by atoms with Crippen molar-refractivity contribution in [3.8, 4) is 0 Å². The van der Waals surface area contributed by atoms with Crippen molar-refractivity contribution in [2.45, 2.75) is 64.5 Å². The van der Waals surface area contributed by atoms with Crippen molar-refractivity contribution < 1.29 is 5.11 Å². The van der Waals surface area contributed by atoms with E-state index < -0.39 is 0 Å². The van der Waals surface area contributed by atoms with Crippen LogP contribution in [0.3, 0.4) is 0 Å². The standard InChI is InChI=1S/C16H32N2O/c1-3-17-16-8-7-13(2)11-14(16)12-18(9-10-19)15-5-4-6-15/h13-17,19H,3-12H2,1-2H3. The summed E-state index contributed by atoms with van der Waals surface area (Å²) in [4.78, 5) is 2.57. The second-order valence-corrected chi connectivity index (χ2v) is 6.65. The number of aliphatic hydroxyl groups is 1. The molecule has 2 fully saturated rings. The van der Waals surface area contributed by atoms with Gasteiger partial charge in [0, 0.05) is 25.2 Å². The van der Waals surface area contributed by atoms with Gasteiger partial charge in [-0.1, -0.05) is 20.3 Å². The molecule has 2 aliphatic rings. The summed E-state index contributed by atoms with van der Waals surface area (Å²) in [5, 5.41) is 13.0. The summed E-state index contributed by atoms with van der Waals surface area (Å²) >= 11 is 0. The van der Waals surface area contributed by atoms with E-state index in [0.29, 0.717) is 12.6 Å². The molecule has 0 aromatic carbocycles. The zero-order chi connectivity index (χ0) is 13.7. The van der Waals surface area contributed by atoms with Crippen LogP contribution in [0, 0.1) is 11.8 Å². The SMILES string of the molecule is CCNC1CCC(C)CC1CN(CCO)C1CCC1. The minimum Gasteiger partial charge on any atom is -0.395 e. The molecule has 0 bridgehead atoms. The first-order valence-electron chi connectivity index (χ1n) is 8.32. The van der Waals surface area contributed by atoms with Crippen LogP contribution < -0.4 is 5.32 Å². The molecule has 19 heavy (non-hydrogen) atoms. The molecule has 3 heteroatoms. The molecule has 2 saturated carbocycles. The van der Waals surface area contributed by atoms with Gasteiger partial charge in [0.25, 0.3) is 0 Å². The molecule has 3 atom stereocenters. The highest BCUT2D eigenvalue weighted by atomic mass is 16.3. The van der Waals surface area contributed by atoms with Gasteiger partial charge in [-0.3, -0.25) is 4.90 Å². The van der Waals surface area contributed by atoms with Crippen LogP contribution in [-0.2, 0) is 0 Å². The second-order valence-electron chi connectivity index (χ2n) is 6.65. The lowest BCUT2D eigenvalue weighted by Gasteiger charge is -2.43. The van der Waals surface area contributed by atoms with E-state index in [2.05, 4.69) is 24.1 Å². The zero-order valence-electron chi connectivity index (χ0n) is 12.8. The number of rotatable bonds is 7. The van der Waals surface area contributed by atoms with E-state index in [1.54, 1.807) is 0 Å². The van der Waals surface area contributed by atoms with Crippen LogP contribution in [0.15, 0.2) is 0 Å². The number of nitrogens with one attached hydrogen (secondary N) is 1. The van der Waals surface area contributed by atoms with Crippen molar-refractivity contribution in [1.29, 1.82) is 0 Å². The highest BCUT2D eigenvalue weighted by Gasteiger charge is 2.32. The molecule has 0 aromatic heterocycles. The Morgan fingerprint density at radius 3 is 2.58 bits per heavy atom. The van der Waals surface area contributed by atoms with E-state index >= 15 is 0 Å². The van der Waals surface area contributed by atoms with Crippen molar-refractivity contribution in [3.05, 3.63) is 0 Å². The van der Waals surface area contributed by atoms with Crippen molar-refractivity contribution in [1.82, 2.24) is 10.2 Å². The molecule has 0 heterocycles. The molecule has 112 valence electrons. The van der Waals surface area contributed by atoms with Crippen molar-refractivity contribution in [2.24, 2.45) is 11.8 Å². The minimum atomic E-state index is 0.310. The van der Waals surface area contributed by atoms with Crippen LogP contribution in [0.5, 0.6) is 0 Å². The zero-order valence-corrected chi connectivity index (χ0v) is 12.8. The average Bonchev–Trinajstić information content (AvgIpc) is 2.31. The lowest BCUT2D eigenvalue weighted by atomic mass is 9.77. The van der Waals surface area contributed by atoms with Crippen LogP contribution in [0.25, 0.3) is 0 Å². The lowest BCUT2D eigenvalue weighted by Crippen LogP contribution is -2.50. The molecule has 0 spiro atoms. The van der Waals surface area contributed by atoms with Gasteiger partial charge in [0.05, 0.1) is 6.61 Å². The minimum absolute atomic E-state index is 0.310. The normalized spacial score (nSPS) is 32.5. The lowest BCUT2D eigenvalue weighted by molar-refractivity contribution is 0.0622. The summed E-state index contributed by atoms with van der Waals surface area (Å²) in [5.74, 6) is 1.65. The summed E-state index contributed by atoms with van der Waals surface area (Å²) in [6.07, 6.45) is 8.12. The fourth-order valence-corrected chi connectivity index (χ4v) is 3.84. The largest absolute Gasteiger partial charge is 0.395 e. The third-order valence-corrected chi connectivity index (χ3v) is 5.16. The predicted octanol–water partition coefficient (Wildman–Crippen LogP) is 2.25. The molecule has 2 aliphatic carbocycles. The summed E-state index contributed by atoms with van der Waals surface area (Å²) in [6.45, 7) is 8.06. The Hall–Kier alpha value is -0.120. The summed E-state index contributed by atoms with van der Waals surface area (Å²) < 4.78 is 0. The van der Waals surface area contributed by atoms with Gasteiger partial charge in [-0.2, -0.15) is 0 Å². The first-order valence-corrected chi connectivity index (χ1v) is 8.32. The van der Waals surface area contributed by atoms with E-state index in [1.807, 2.05) is 0 Å². The molecule has 0 radical (unpaired) electrons. The van der Waals surface area contributed by atoms with Crippen LogP contribution in [-0.4, -0.2) is 48.3 Å².